The number of likely N-dealkylation sites (tertiary alicyclic amines) is 2. The highest BCUT2D eigenvalue weighted by molar-refractivity contribution is 5.77. The molecule has 3 rings (SSSR count). The Morgan fingerprint density at radius 2 is 2.22 bits per heavy atom. The Morgan fingerprint density at radius 3 is 3.00 bits per heavy atom. The maximum absolute atomic E-state index is 12.2. The van der Waals surface area contributed by atoms with E-state index in [1.165, 1.54) is 24.9 Å². The molecule has 1 aromatic heterocycles. The van der Waals surface area contributed by atoms with Crippen molar-refractivity contribution in [2.75, 3.05) is 26.2 Å². The second-order valence-electron chi connectivity index (χ2n) is 7.34. The number of hydrogen-bond acceptors (Lipinski definition) is 3. The van der Waals surface area contributed by atoms with E-state index in [0.29, 0.717) is 11.3 Å². The molecule has 1 aromatic rings. The first-order valence-corrected chi connectivity index (χ1v) is 9.10. The fourth-order valence-electron chi connectivity index (χ4n) is 4.18. The predicted octanol–water partition coefficient (Wildman–Crippen LogP) is 3.09. The van der Waals surface area contributed by atoms with E-state index in [4.69, 9.17) is 0 Å². The SMILES string of the molecule is CCCCN1C[C@]2(CCCN(Cc3cccnc3)C2)CCC1=O. The average molecular weight is 315 g/mol. The molecule has 0 aliphatic carbocycles. The minimum atomic E-state index is 0.322. The first kappa shape index (κ1) is 16.4. The monoisotopic (exact) mass is 315 g/mol. The van der Waals surface area contributed by atoms with E-state index in [0.717, 1.165) is 51.9 Å². The molecule has 1 atom stereocenters. The van der Waals surface area contributed by atoms with Gasteiger partial charge in [-0.05, 0) is 43.9 Å². The van der Waals surface area contributed by atoms with Gasteiger partial charge in [-0.1, -0.05) is 19.4 Å². The van der Waals surface area contributed by atoms with Gasteiger partial charge in [0.1, 0.15) is 0 Å². The summed E-state index contributed by atoms with van der Waals surface area (Å²) in [6.07, 6.45) is 10.4. The van der Waals surface area contributed by atoms with Crippen LogP contribution in [0.5, 0.6) is 0 Å². The van der Waals surface area contributed by atoms with Gasteiger partial charge in [-0.2, -0.15) is 0 Å². The van der Waals surface area contributed by atoms with E-state index in [1.54, 1.807) is 0 Å². The van der Waals surface area contributed by atoms with Gasteiger partial charge >= 0.3 is 0 Å². The van der Waals surface area contributed by atoms with Crippen LogP contribution < -0.4 is 0 Å². The van der Waals surface area contributed by atoms with Crippen molar-refractivity contribution in [3.63, 3.8) is 0 Å². The van der Waals surface area contributed by atoms with Gasteiger partial charge in [0.05, 0.1) is 0 Å². The smallest absolute Gasteiger partial charge is 0.222 e. The standard InChI is InChI=1S/C19H29N3O/c1-2-3-12-22-16-19(9-7-18(22)23)8-5-11-21(15-19)14-17-6-4-10-20-13-17/h4,6,10,13H,2-3,5,7-9,11-12,14-16H2,1H3/t19-/m1/s1. The lowest BCUT2D eigenvalue weighted by Crippen LogP contribution is -2.53. The molecule has 1 spiro atoms. The van der Waals surface area contributed by atoms with Gasteiger partial charge in [0.25, 0.3) is 0 Å². The summed E-state index contributed by atoms with van der Waals surface area (Å²) in [5.74, 6) is 0.369. The number of unbranched alkanes of at least 4 members (excludes halogenated alkanes) is 1. The second kappa shape index (κ2) is 7.43. The molecule has 4 heteroatoms. The van der Waals surface area contributed by atoms with Crippen molar-refractivity contribution in [2.24, 2.45) is 5.41 Å². The fourth-order valence-corrected chi connectivity index (χ4v) is 4.18. The Kier molecular flexibility index (Phi) is 5.31. The Labute approximate surface area is 139 Å². The lowest BCUT2D eigenvalue weighted by atomic mass is 9.73. The van der Waals surface area contributed by atoms with Crippen molar-refractivity contribution in [3.05, 3.63) is 30.1 Å². The molecule has 0 unspecified atom stereocenters. The first-order chi connectivity index (χ1) is 11.2. The van der Waals surface area contributed by atoms with Crippen molar-refractivity contribution in [2.45, 2.75) is 52.0 Å². The minimum Gasteiger partial charge on any atom is -0.342 e. The van der Waals surface area contributed by atoms with Crippen LogP contribution in [0, 0.1) is 5.41 Å². The largest absolute Gasteiger partial charge is 0.342 e. The van der Waals surface area contributed by atoms with Crippen molar-refractivity contribution in [1.82, 2.24) is 14.8 Å². The van der Waals surface area contributed by atoms with Crippen LogP contribution in [0.25, 0.3) is 0 Å². The Bertz CT molecular complexity index is 519. The molecule has 0 bridgehead atoms. The van der Waals surface area contributed by atoms with E-state index in [1.807, 2.05) is 18.5 Å². The summed E-state index contributed by atoms with van der Waals surface area (Å²) in [4.78, 5) is 21.1. The van der Waals surface area contributed by atoms with E-state index in [9.17, 15) is 4.79 Å². The third-order valence-corrected chi connectivity index (χ3v) is 5.40. The van der Waals surface area contributed by atoms with Crippen LogP contribution in [-0.2, 0) is 11.3 Å². The fraction of sp³-hybridized carbons (Fsp3) is 0.684. The van der Waals surface area contributed by atoms with Gasteiger partial charge < -0.3 is 4.90 Å². The molecule has 1 amide bonds. The van der Waals surface area contributed by atoms with Crippen LogP contribution in [0.2, 0.25) is 0 Å². The Morgan fingerprint density at radius 1 is 1.30 bits per heavy atom. The first-order valence-electron chi connectivity index (χ1n) is 9.10. The average Bonchev–Trinajstić information content (AvgIpc) is 2.57. The van der Waals surface area contributed by atoms with Crippen LogP contribution in [-0.4, -0.2) is 46.9 Å². The highest BCUT2D eigenvalue weighted by atomic mass is 16.2. The lowest BCUT2D eigenvalue weighted by Gasteiger charge is -2.48. The molecular weight excluding hydrogens is 286 g/mol. The van der Waals surface area contributed by atoms with Crippen molar-refractivity contribution in [3.8, 4) is 0 Å². The molecule has 0 N–H and O–H groups in total. The summed E-state index contributed by atoms with van der Waals surface area (Å²) in [5, 5.41) is 0. The van der Waals surface area contributed by atoms with Gasteiger partial charge in [-0.25, -0.2) is 0 Å². The maximum Gasteiger partial charge on any atom is 0.222 e. The van der Waals surface area contributed by atoms with Crippen LogP contribution >= 0.6 is 0 Å². The van der Waals surface area contributed by atoms with E-state index >= 15 is 0 Å². The van der Waals surface area contributed by atoms with Gasteiger partial charge in [-0.15, -0.1) is 0 Å². The zero-order valence-corrected chi connectivity index (χ0v) is 14.3. The predicted molar refractivity (Wildman–Crippen MR) is 91.9 cm³/mol. The summed E-state index contributed by atoms with van der Waals surface area (Å²) in [5.41, 5.74) is 1.61. The zero-order chi connectivity index (χ0) is 16.1. The third-order valence-electron chi connectivity index (χ3n) is 5.40. The van der Waals surface area contributed by atoms with Crippen LogP contribution in [0.1, 0.15) is 51.0 Å². The van der Waals surface area contributed by atoms with Crippen molar-refractivity contribution in [1.29, 1.82) is 0 Å². The van der Waals surface area contributed by atoms with Gasteiger partial charge in [-0.3, -0.25) is 14.7 Å². The van der Waals surface area contributed by atoms with E-state index in [2.05, 4.69) is 27.8 Å². The van der Waals surface area contributed by atoms with Crippen molar-refractivity contribution < 1.29 is 4.79 Å². The number of carbonyl (C=O) groups excluding carboxylic acids is 1. The number of hydrogen-bond donors (Lipinski definition) is 0. The quantitative estimate of drug-likeness (QED) is 0.838. The number of piperidine rings is 2. The summed E-state index contributed by atoms with van der Waals surface area (Å²) >= 11 is 0. The highest BCUT2D eigenvalue weighted by Crippen LogP contribution is 2.39. The molecule has 3 heterocycles. The number of carbonyl (C=O) groups is 1. The molecule has 126 valence electrons. The summed E-state index contributed by atoms with van der Waals surface area (Å²) < 4.78 is 0. The number of aromatic nitrogens is 1. The van der Waals surface area contributed by atoms with Crippen molar-refractivity contribution >= 4 is 5.91 Å². The molecule has 2 fully saturated rings. The molecule has 0 saturated carbocycles. The lowest BCUT2D eigenvalue weighted by molar-refractivity contribution is -0.139. The zero-order valence-electron chi connectivity index (χ0n) is 14.3. The summed E-state index contributed by atoms with van der Waals surface area (Å²) in [6.45, 7) is 7.38. The van der Waals surface area contributed by atoms with Gasteiger partial charge in [0.2, 0.25) is 5.91 Å². The van der Waals surface area contributed by atoms with E-state index in [-0.39, 0.29) is 0 Å². The van der Waals surface area contributed by atoms with Crippen LogP contribution in [0.4, 0.5) is 0 Å². The number of rotatable bonds is 5. The molecule has 0 aromatic carbocycles. The van der Waals surface area contributed by atoms with E-state index < -0.39 is 0 Å². The topological polar surface area (TPSA) is 36.4 Å². The molecule has 23 heavy (non-hydrogen) atoms. The Hall–Kier alpha value is -1.42. The molecule has 2 aliphatic rings. The third kappa shape index (κ3) is 4.11. The summed E-state index contributed by atoms with van der Waals surface area (Å²) in [7, 11) is 0. The molecule has 4 nitrogen and oxygen atoms in total. The van der Waals surface area contributed by atoms with Crippen LogP contribution in [0.15, 0.2) is 24.5 Å². The molecular formula is C19H29N3O. The van der Waals surface area contributed by atoms with Gasteiger partial charge in [0, 0.05) is 50.4 Å². The normalized spacial score (nSPS) is 26.0. The number of pyridine rings is 1. The summed E-state index contributed by atoms with van der Waals surface area (Å²) in [6, 6.07) is 4.17. The second-order valence-corrected chi connectivity index (χ2v) is 7.34. The van der Waals surface area contributed by atoms with Gasteiger partial charge in [0.15, 0.2) is 0 Å². The highest BCUT2D eigenvalue weighted by Gasteiger charge is 2.41. The molecule has 2 aliphatic heterocycles. The maximum atomic E-state index is 12.2. The minimum absolute atomic E-state index is 0.322. The van der Waals surface area contributed by atoms with Crippen LogP contribution in [0.3, 0.4) is 0 Å². The molecule has 0 radical (unpaired) electrons. The number of amides is 1. The number of nitrogens with zero attached hydrogens (tertiary/aromatic N) is 3. The molecule has 2 saturated heterocycles. The Balaban J connectivity index is 1.63.